The monoisotopic (exact) mass is 211 g/mol. The van der Waals surface area contributed by atoms with E-state index in [1.807, 2.05) is 0 Å². The molecule has 0 fully saturated rings. The number of carbonyl (C=O) groups is 1. The maximum Gasteiger partial charge on any atom is 0.230 e. The van der Waals surface area contributed by atoms with Crippen LogP contribution in [0.3, 0.4) is 0 Å². The first-order valence-corrected chi connectivity index (χ1v) is 4.64. The van der Waals surface area contributed by atoms with Crippen molar-refractivity contribution < 1.29 is 9.72 Å². The molecule has 4 heteroatoms. The quantitative estimate of drug-likeness (QED) is 0.214. The fourth-order valence-corrected chi connectivity index (χ4v) is 0.561. The molecule has 84 valence electrons. The Morgan fingerprint density at radius 3 is 1.93 bits per heavy atom. The molecule has 4 nitrogen and oxygen atoms in total. The van der Waals surface area contributed by atoms with Crippen molar-refractivity contribution in [1.29, 1.82) is 0 Å². The van der Waals surface area contributed by atoms with Gasteiger partial charge >= 0.3 is 0 Å². The summed E-state index contributed by atoms with van der Waals surface area (Å²) in [6.07, 6.45) is 9.73. The number of allylic oxidation sites excluding steroid dienone is 3. The number of unbranched alkanes of at least 4 members (excludes halogenated alkanes) is 2. The first-order chi connectivity index (χ1) is 7.18. The van der Waals surface area contributed by atoms with Crippen molar-refractivity contribution >= 4 is 6.29 Å². The molecule has 0 aromatic rings. The van der Waals surface area contributed by atoms with E-state index >= 15 is 0 Å². The van der Waals surface area contributed by atoms with Gasteiger partial charge in [0.05, 0.1) is 4.92 Å². The molecule has 0 saturated heterocycles. The van der Waals surface area contributed by atoms with Gasteiger partial charge in [-0.1, -0.05) is 12.2 Å². The van der Waals surface area contributed by atoms with E-state index in [1.54, 1.807) is 12.2 Å². The summed E-state index contributed by atoms with van der Waals surface area (Å²) in [5.74, 6) is 0. The smallest absolute Gasteiger partial charge is 0.230 e. The summed E-state index contributed by atoms with van der Waals surface area (Å²) >= 11 is 0. The average molecular weight is 211 g/mol. The fraction of sp³-hybridized carbons (Fsp3) is 0.364. The number of hydrogen-bond acceptors (Lipinski definition) is 3. The summed E-state index contributed by atoms with van der Waals surface area (Å²) in [4.78, 5) is 18.7. The van der Waals surface area contributed by atoms with E-state index in [-0.39, 0.29) is 0 Å². The summed E-state index contributed by atoms with van der Waals surface area (Å²) in [7, 11) is 0. The lowest BCUT2D eigenvalue weighted by Crippen LogP contribution is -1.81. The van der Waals surface area contributed by atoms with Crippen LogP contribution in [0.5, 0.6) is 0 Å². The average Bonchev–Trinajstić information content (AvgIpc) is 2.22. The zero-order valence-electron chi connectivity index (χ0n) is 8.80. The lowest BCUT2D eigenvalue weighted by molar-refractivity contribution is -0.402. The molecular weight excluding hydrogens is 194 g/mol. The third-order valence-electron chi connectivity index (χ3n) is 1.25. The highest BCUT2D eigenvalue weighted by molar-refractivity contribution is 5.49. The minimum Gasteiger partial charge on any atom is -0.303 e. The van der Waals surface area contributed by atoms with E-state index in [4.69, 9.17) is 0 Å². The van der Waals surface area contributed by atoms with Crippen LogP contribution >= 0.6 is 0 Å². The molecule has 0 spiro atoms. The highest BCUT2D eigenvalue weighted by Crippen LogP contribution is 1.90. The van der Waals surface area contributed by atoms with Crippen molar-refractivity contribution in [3.63, 3.8) is 0 Å². The van der Waals surface area contributed by atoms with Gasteiger partial charge in [-0.2, -0.15) is 0 Å². The second-order valence-corrected chi connectivity index (χ2v) is 2.57. The molecule has 0 atom stereocenters. The predicted molar refractivity (Wildman–Crippen MR) is 61.1 cm³/mol. The van der Waals surface area contributed by atoms with Gasteiger partial charge < -0.3 is 4.79 Å². The number of nitrogens with zero attached hydrogens (tertiary/aromatic N) is 1. The third-order valence-corrected chi connectivity index (χ3v) is 1.25. The van der Waals surface area contributed by atoms with Crippen molar-refractivity contribution in [3.05, 3.63) is 47.7 Å². The molecule has 0 aromatic heterocycles. The number of carbonyl (C=O) groups excluding carboxylic acids is 1. The van der Waals surface area contributed by atoms with Crippen molar-refractivity contribution in [2.24, 2.45) is 0 Å². The standard InChI is InChI=1S/C6H9NO2.C5H8O/c1-2-3-4-5-6-7(8)9;1-2-3-4-5-6/h2,5-6H,1,3-4H2;2,5H,1,3-4H2/b6-5+;. The van der Waals surface area contributed by atoms with Crippen LogP contribution in [-0.4, -0.2) is 11.2 Å². The van der Waals surface area contributed by atoms with Crippen LogP contribution in [0, 0.1) is 10.1 Å². The molecule has 0 heterocycles. The molecule has 0 amide bonds. The largest absolute Gasteiger partial charge is 0.303 e. The molecule has 0 aliphatic carbocycles. The van der Waals surface area contributed by atoms with Gasteiger partial charge in [-0.15, -0.1) is 13.2 Å². The minimum absolute atomic E-state index is 0.469. The molecule has 0 aliphatic rings. The van der Waals surface area contributed by atoms with E-state index in [0.29, 0.717) is 12.8 Å². The van der Waals surface area contributed by atoms with E-state index in [1.165, 1.54) is 6.08 Å². The number of aldehydes is 1. The van der Waals surface area contributed by atoms with Gasteiger partial charge in [-0.25, -0.2) is 0 Å². The molecule has 0 N–H and O–H groups in total. The molecule has 15 heavy (non-hydrogen) atoms. The summed E-state index contributed by atoms with van der Waals surface area (Å²) in [6.45, 7) is 6.91. The van der Waals surface area contributed by atoms with Crippen LogP contribution in [0.2, 0.25) is 0 Å². The first-order valence-electron chi connectivity index (χ1n) is 4.64. The zero-order chi connectivity index (χ0) is 11.9. The minimum atomic E-state index is -0.469. The van der Waals surface area contributed by atoms with Crippen LogP contribution in [0.25, 0.3) is 0 Å². The normalized spacial score (nSPS) is 8.80. The maximum absolute atomic E-state index is 9.66. The first kappa shape index (κ1) is 15.7. The molecule has 0 saturated carbocycles. The molecule has 0 radical (unpaired) electrons. The second kappa shape index (κ2) is 14.8. The Morgan fingerprint density at radius 1 is 1.07 bits per heavy atom. The number of nitro groups is 1. The van der Waals surface area contributed by atoms with Gasteiger partial charge in [0.2, 0.25) is 6.20 Å². The van der Waals surface area contributed by atoms with Gasteiger partial charge in [0.15, 0.2) is 0 Å². The zero-order valence-corrected chi connectivity index (χ0v) is 8.80. The molecule has 0 unspecified atom stereocenters. The molecular formula is C11H17NO3. The molecule has 0 rings (SSSR count). The van der Waals surface area contributed by atoms with E-state index in [9.17, 15) is 14.9 Å². The van der Waals surface area contributed by atoms with Crippen molar-refractivity contribution in [2.45, 2.75) is 25.7 Å². The Hall–Kier alpha value is -1.71. The van der Waals surface area contributed by atoms with Gasteiger partial charge in [0.25, 0.3) is 0 Å². The van der Waals surface area contributed by atoms with E-state index < -0.39 is 4.92 Å². The summed E-state index contributed by atoms with van der Waals surface area (Å²) in [6, 6.07) is 0. The van der Waals surface area contributed by atoms with Crippen LogP contribution in [-0.2, 0) is 4.79 Å². The Bertz CT molecular complexity index is 214. The van der Waals surface area contributed by atoms with Crippen molar-refractivity contribution in [3.8, 4) is 0 Å². The van der Waals surface area contributed by atoms with Gasteiger partial charge in [-0.3, -0.25) is 10.1 Å². The van der Waals surface area contributed by atoms with Crippen LogP contribution in [0.4, 0.5) is 0 Å². The second-order valence-electron chi connectivity index (χ2n) is 2.57. The molecule has 0 bridgehead atoms. The lowest BCUT2D eigenvalue weighted by Gasteiger charge is -1.80. The highest BCUT2D eigenvalue weighted by atomic mass is 16.6. The van der Waals surface area contributed by atoms with Gasteiger partial charge in [-0.05, 0) is 25.3 Å². The summed E-state index contributed by atoms with van der Waals surface area (Å²) in [5.41, 5.74) is 0. The maximum atomic E-state index is 9.66. The van der Waals surface area contributed by atoms with E-state index in [2.05, 4.69) is 13.2 Å². The Labute approximate surface area is 90.1 Å². The predicted octanol–water partition coefficient (Wildman–Crippen LogP) is 2.89. The van der Waals surface area contributed by atoms with Gasteiger partial charge in [0, 0.05) is 6.42 Å². The number of rotatable bonds is 7. The Balaban J connectivity index is 0. The number of hydrogen-bond donors (Lipinski definition) is 0. The lowest BCUT2D eigenvalue weighted by atomic mass is 10.3. The third kappa shape index (κ3) is 24.5. The highest BCUT2D eigenvalue weighted by Gasteiger charge is 1.81. The van der Waals surface area contributed by atoms with Crippen LogP contribution in [0.1, 0.15) is 25.7 Å². The molecule has 0 aliphatic heterocycles. The van der Waals surface area contributed by atoms with Crippen LogP contribution < -0.4 is 0 Å². The van der Waals surface area contributed by atoms with Gasteiger partial charge in [0.1, 0.15) is 6.29 Å². The SMILES string of the molecule is C=CCC/C=C/[N+](=O)[O-].C=CCCC=O. The summed E-state index contributed by atoms with van der Waals surface area (Å²) in [5, 5.41) is 9.66. The molecule has 0 aromatic carbocycles. The summed E-state index contributed by atoms with van der Waals surface area (Å²) < 4.78 is 0. The fourth-order valence-electron chi connectivity index (χ4n) is 0.561. The topological polar surface area (TPSA) is 60.2 Å². The van der Waals surface area contributed by atoms with Crippen molar-refractivity contribution in [2.75, 3.05) is 0 Å². The van der Waals surface area contributed by atoms with E-state index in [0.717, 1.165) is 25.3 Å². The van der Waals surface area contributed by atoms with Crippen molar-refractivity contribution in [1.82, 2.24) is 0 Å². The van der Waals surface area contributed by atoms with Crippen LogP contribution in [0.15, 0.2) is 37.6 Å². The Morgan fingerprint density at radius 2 is 1.60 bits per heavy atom. The Kier molecular flexibility index (Phi) is 15.5.